The van der Waals surface area contributed by atoms with Crippen LogP contribution in [0.2, 0.25) is 0 Å². The van der Waals surface area contributed by atoms with Crippen molar-refractivity contribution in [1.82, 2.24) is 41.5 Å². The first-order valence-electron chi connectivity index (χ1n) is 22.7. The molecule has 9 atom stereocenters. The Balaban J connectivity index is 1.31. The van der Waals surface area contributed by atoms with Gasteiger partial charge in [0.25, 0.3) is 5.91 Å². The van der Waals surface area contributed by atoms with Crippen molar-refractivity contribution in [1.29, 1.82) is 0 Å². The predicted octanol–water partition coefficient (Wildman–Crippen LogP) is -4.70. The van der Waals surface area contributed by atoms with Crippen molar-refractivity contribution in [2.75, 3.05) is 30.3 Å². The van der Waals surface area contributed by atoms with E-state index in [1.807, 2.05) is 0 Å². The van der Waals surface area contributed by atoms with Gasteiger partial charge in [-0.2, -0.15) is 0 Å². The molecular weight excluding hydrogens is 959 g/mol. The van der Waals surface area contributed by atoms with Crippen molar-refractivity contribution in [3.63, 3.8) is 0 Å². The number of benzene rings is 1. The minimum atomic E-state index is -2.55. The first-order chi connectivity index (χ1) is 33.8. The normalized spacial score (nSPS) is 18.2. The van der Waals surface area contributed by atoms with Crippen LogP contribution in [0, 0.1) is 0 Å². The lowest BCUT2D eigenvalue weighted by molar-refractivity contribution is -0.173. The summed E-state index contributed by atoms with van der Waals surface area (Å²) in [5.74, 6) is -12.7. The zero-order valence-electron chi connectivity index (χ0n) is 39.3. The van der Waals surface area contributed by atoms with Gasteiger partial charge in [-0.25, -0.2) is 14.7 Å². The number of hydrogen-bond acceptors (Lipinski definition) is 18. The minimum Gasteiger partial charge on any atom is -0.504 e. The number of aliphatic hydroxyl groups is 2. The van der Waals surface area contributed by atoms with E-state index in [0.717, 1.165) is 26.0 Å². The molecule has 3 heterocycles. The number of nitrogens with two attached hydrogens (primary N) is 1. The maximum atomic E-state index is 13.7. The number of aliphatic hydroxyl groups excluding tert-OH is 2. The lowest BCUT2D eigenvalue weighted by Crippen LogP contribution is -2.62. The van der Waals surface area contributed by atoms with Gasteiger partial charge < -0.3 is 78.4 Å². The van der Waals surface area contributed by atoms with E-state index >= 15 is 0 Å². The molecule has 29 nitrogen and oxygen atoms in total. The molecule has 1 aliphatic carbocycles. The number of aromatic nitrogens is 1. The van der Waals surface area contributed by atoms with Crippen LogP contribution in [0.5, 0.6) is 5.75 Å². The van der Waals surface area contributed by atoms with Gasteiger partial charge in [-0.1, -0.05) is 0 Å². The number of anilines is 2. The molecule has 0 radical (unpaired) electrons. The summed E-state index contributed by atoms with van der Waals surface area (Å²) < 4.78 is 1.45. The third kappa shape index (κ3) is 14.9. The minimum absolute atomic E-state index is 0.0220. The molecule has 1 fully saturated rings. The number of carbonyl (C=O) groups is 11. The number of amides is 8. The van der Waals surface area contributed by atoms with Crippen LogP contribution in [0.15, 0.2) is 23.0 Å². The van der Waals surface area contributed by atoms with Gasteiger partial charge in [0.05, 0.1) is 23.5 Å². The topological polar surface area (TPSA) is 457 Å². The van der Waals surface area contributed by atoms with E-state index in [0.29, 0.717) is 11.5 Å². The summed E-state index contributed by atoms with van der Waals surface area (Å²) in [6.45, 7) is 3.79. The molecule has 0 aromatic heterocycles. The Labute approximate surface area is 408 Å². The highest BCUT2D eigenvalue weighted by atomic mass is 16.5. The number of phenolic OH excluding ortho intramolecular Hbond substituents is 1. The number of fused-ring (bicyclic) bond motifs is 3. The van der Waals surface area contributed by atoms with Crippen LogP contribution in [0.3, 0.4) is 0 Å². The van der Waals surface area contributed by atoms with E-state index in [9.17, 15) is 83.2 Å². The number of carboxylic acid groups (broad SMARTS) is 2. The molecule has 8 unspecified atom stereocenters. The van der Waals surface area contributed by atoms with Gasteiger partial charge >= 0.3 is 11.9 Å². The Morgan fingerprint density at radius 2 is 1.44 bits per heavy atom. The van der Waals surface area contributed by atoms with E-state index in [1.54, 1.807) is 0 Å². The highest BCUT2D eigenvalue weighted by molar-refractivity contribution is 6.33. The summed E-state index contributed by atoms with van der Waals surface area (Å²) in [6.07, 6.45) is -4.09. The number of phenols is 1. The molecule has 4 aliphatic rings. The van der Waals surface area contributed by atoms with Crippen molar-refractivity contribution < 1.29 is 83.5 Å². The molecule has 0 saturated carbocycles. The third-order valence-electron chi connectivity index (χ3n) is 11.6. The fraction of sp³-hybridized carbons (Fsp3) is 0.535. The molecule has 29 heteroatoms. The number of pyridine rings is 1. The molecule has 0 aromatic rings. The molecule has 0 aromatic carbocycles. The molecule has 3 aliphatic heterocycles. The zero-order chi connectivity index (χ0) is 53.7. The smallest absolute Gasteiger partial charge is 0.372 e. The third-order valence-corrected chi connectivity index (χ3v) is 11.6. The summed E-state index contributed by atoms with van der Waals surface area (Å²) in [4.78, 5) is 150. The molecule has 8 amide bonds. The average molecular weight is 1020 g/mol. The Kier molecular flexibility index (Phi) is 20.0. The maximum absolute atomic E-state index is 13.7. The predicted molar refractivity (Wildman–Crippen MR) is 246 cm³/mol. The number of aromatic hydroxyl groups is 1. The molecule has 4 rings (SSSR count). The maximum Gasteiger partial charge on any atom is 0.372 e. The van der Waals surface area contributed by atoms with Gasteiger partial charge in [0.1, 0.15) is 42.1 Å². The first-order valence-corrected chi connectivity index (χ1v) is 22.7. The van der Waals surface area contributed by atoms with Crippen LogP contribution in [-0.4, -0.2) is 173 Å². The fourth-order valence-corrected chi connectivity index (χ4v) is 7.57. The van der Waals surface area contributed by atoms with Gasteiger partial charge in [-0.05, 0) is 71.4 Å². The molecule has 16 N–H and O–H groups in total. The van der Waals surface area contributed by atoms with E-state index in [2.05, 4.69) is 42.5 Å². The molecule has 0 bridgehead atoms. The Bertz CT molecular complexity index is 2460. The van der Waals surface area contributed by atoms with Crippen LogP contribution in [0.1, 0.15) is 78.2 Å². The number of aliphatic carboxylic acids is 2. The van der Waals surface area contributed by atoms with Crippen molar-refractivity contribution >= 4 is 76.5 Å². The van der Waals surface area contributed by atoms with E-state index in [4.69, 9.17) is 10.8 Å². The van der Waals surface area contributed by atoms with Crippen LogP contribution in [0.4, 0.5) is 11.5 Å². The summed E-state index contributed by atoms with van der Waals surface area (Å²) in [6, 6.07) is -6.59. The van der Waals surface area contributed by atoms with Crippen LogP contribution < -0.4 is 53.7 Å². The van der Waals surface area contributed by atoms with Crippen LogP contribution in [-0.2, 0) is 52.7 Å². The van der Waals surface area contributed by atoms with Crippen molar-refractivity contribution in [3.05, 3.63) is 28.4 Å². The van der Waals surface area contributed by atoms with Gasteiger partial charge in [-0.15, -0.1) is 0 Å². The van der Waals surface area contributed by atoms with Gasteiger partial charge in [0.2, 0.25) is 52.6 Å². The number of nitrogens with zero attached hydrogens (tertiary/aromatic N) is 2. The molecule has 1 saturated heterocycles. The molecule has 72 heavy (non-hydrogen) atoms. The van der Waals surface area contributed by atoms with Crippen molar-refractivity contribution in [3.8, 4) is 17.0 Å². The quantitative estimate of drug-likeness (QED) is 0.0267. The Morgan fingerprint density at radius 3 is 2.08 bits per heavy atom. The number of ketones is 1. The highest BCUT2D eigenvalue weighted by Crippen LogP contribution is 2.39. The van der Waals surface area contributed by atoms with Crippen LogP contribution in [0.25, 0.3) is 11.3 Å². The molecule has 0 spiro atoms. The molecular formula is C43H59N11O18. The monoisotopic (exact) mass is 1020 g/mol. The Hall–Kier alpha value is -7.76. The van der Waals surface area contributed by atoms with E-state index < -0.39 is 144 Å². The van der Waals surface area contributed by atoms with Gasteiger partial charge in [-0.3, -0.25) is 53.2 Å². The number of hydrogen-bond donors (Lipinski definition) is 15. The number of hydroxylamine groups is 2. The second-order valence-electron chi connectivity index (χ2n) is 17.2. The fourth-order valence-electron chi connectivity index (χ4n) is 7.57. The summed E-state index contributed by atoms with van der Waals surface area (Å²) >= 11 is 0. The number of carboxylic acids is 2. The number of nitrogens with one attached hydrogen (secondary N) is 8. The number of piperidine rings is 1. The summed E-state index contributed by atoms with van der Waals surface area (Å²) in [7, 11) is 0. The van der Waals surface area contributed by atoms with Crippen molar-refractivity contribution in [2.45, 2.75) is 127 Å². The van der Waals surface area contributed by atoms with Gasteiger partial charge in [0.15, 0.2) is 11.9 Å². The highest BCUT2D eigenvalue weighted by Gasteiger charge is 2.38. The van der Waals surface area contributed by atoms with Gasteiger partial charge in [0, 0.05) is 44.1 Å². The second kappa shape index (κ2) is 25.4. The summed E-state index contributed by atoms with van der Waals surface area (Å²) in [5.41, 5.74) is 5.84. The Morgan fingerprint density at radius 1 is 0.806 bits per heavy atom. The lowest BCUT2D eigenvalue weighted by Gasteiger charge is -2.34. The van der Waals surface area contributed by atoms with E-state index in [1.165, 1.54) is 17.6 Å². The standard InChI is InChI=1S/C43H59N11O18/c1-18(35(61)50-23-8-6-14-53(72)41(23)67)47-39(65)31(20(3)55)51-36(62)19(2)48-40(66)32(33(60)43(70)71)52-37(63)22(44)7-4-5-12-46-38(64)25-11-13-45-34-24(49-30(59)10-9-27(56)42(68)69)15-21-16-28(57)29(58)17-26(21)54(25)34/h15-20,22-23,25,31-33,45,55,57,60,72H,4-14,44H2,1-3H3,(H,46,64)(H,47,65)(H,48,66)(H,49,59)(H,50,61)(H,51,62)(H,52,63)(H,68,69)(H,70,71)/t18?,19?,20?,22?,23?,25-,31?,32?,33?/m1/s1. The lowest BCUT2D eigenvalue weighted by atomic mass is 10.0. The largest absolute Gasteiger partial charge is 0.504 e. The second-order valence-corrected chi connectivity index (χ2v) is 17.2. The SMILES string of the molecule is CC(NC(=O)C(NC(=O)C(C)NC(=O)C(NC(=O)C(N)CCCCNC(=O)[C@H]1CCNc2c(NC(=O)CCC(=O)C(=O)O)cc3cc(O)c(=O)cc-3n21)C(O)C(=O)O)C(C)O)C(=O)NC1CCCN(O)C1=O. The number of rotatable bonds is 24. The molecule has 394 valence electrons. The zero-order valence-corrected chi connectivity index (χ0v) is 39.3. The number of Topliss-reactive ketones (excluding diaryl/α,β-unsaturated/α-hetero) is 1. The van der Waals surface area contributed by atoms with Crippen LogP contribution >= 0.6 is 0 Å². The summed E-state index contributed by atoms with van der Waals surface area (Å²) in [5, 5.41) is 78.7. The number of unbranched alkanes of at least 4 members (excludes halogenated alkanes) is 1. The number of carbonyl (C=O) groups excluding carboxylic acids is 9. The van der Waals surface area contributed by atoms with Crippen molar-refractivity contribution in [2.24, 2.45) is 5.73 Å². The van der Waals surface area contributed by atoms with E-state index in [-0.39, 0.29) is 74.5 Å². The first kappa shape index (κ1) is 56.8. The average Bonchev–Trinajstić information content (AvgIpc) is 3.32.